The number of nitrogens with one attached hydrogen (secondary N) is 2. The van der Waals surface area contributed by atoms with Gasteiger partial charge in [0, 0.05) is 14.0 Å². The van der Waals surface area contributed by atoms with E-state index in [-0.39, 0.29) is 0 Å². The highest BCUT2D eigenvalue weighted by molar-refractivity contribution is 6.37. The fourth-order valence-electron chi connectivity index (χ4n) is 0.680. The molecule has 0 bridgehead atoms. The van der Waals surface area contributed by atoms with Crippen LogP contribution in [0.25, 0.3) is 0 Å². The lowest BCUT2D eigenvalue weighted by atomic mass is 10.5. The first-order valence-electron chi connectivity index (χ1n) is 2.77. The Hall–Kier alpha value is -1.10. The molecule has 0 saturated carbocycles. The van der Waals surface area contributed by atoms with Crippen LogP contribution in [0.2, 0.25) is 0 Å². The van der Waals surface area contributed by atoms with Gasteiger partial charge in [0.1, 0.15) is 0 Å². The highest BCUT2D eigenvalue weighted by atomic mass is 16.5. The second-order valence-electron chi connectivity index (χ2n) is 2.15. The molecule has 1 aliphatic rings. The fourth-order valence-corrected chi connectivity index (χ4v) is 0.680. The maximum atomic E-state index is 10.5. The molecule has 0 spiro atoms. The topological polar surface area (TPSA) is 67.4 Å². The average molecular weight is 144 g/mol. The van der Waals surface area contributed by atoms with Crippen molar-refractivity contribution >= 4 is 11.8 Å². The van der Waals surface area contributed by atoms with E-state index in [4.69, 9.17) is 4.74 Å². The van der Waals surface area contributed by atoms with Crippen molar-refractivity contribution in [2.45, 2.75) is 12.8 Å². The summed E-state index contributed by atoms with van der Waals surface area (Å²) in [6.45, 7) is 1.55. The van der Waals surface area contributed by atoms with E-state index in [2.05, 4.69) is 10.6 Å². The van der Waals surface area contributed by atoms with Gasteiger partial charge >= 0.3 is 11.8 Å². The van der Waals surface area contributed by atoms with Crippen LogP contribution in [0.3, 0.4) is 0 Å². The van der Waals surface area contributed by atoms with Crippen LogP contribution < -0.4 is 10.6 Å². The molecule has 56 valence electrons. The van der Waals surface area contributed by atoms with Crippen molar-refractivity contribution in [3.05, 3.63) is 0 Å². The molecule has 1 fully saturated rings. The Morgan fingerprint density at radius 1 is 1.30 bits per heavy atom. The Morgan fingerprint density at radius 3 is 1.90 bits per heavy atom. The zero-order valence-electron chi connectivity index (χ0n) is 5.72. The maximum Gasteiger partial charge on any atom is 0.313 e. The van der Waals surface area contributed by atoms with Crippen molar-refractivity contribution in [3.8, 4) is 0 Å². The molecule has 10 heavy (non-hydrogen) atoms. The predicted octanol–water partition coefficient (Wildman–Crippen LogP) is -1.45. The number of carbonyl (C=O) groups excluding carboxylic acids is 2. The molecule has 1 saturated heterocycles. The van der Waals surface area contributed by atoms with Crippen LogP contribution in [-0.4, -0.2) is 24.8 Å². The highest BCUT2D eigenvalue weighted by Gasteiger charge is 2.38. The smallest absolute Gasteiger partial charge is 0.313 e. The Kier molecular flexibility index (Phi) is 1.37. The SMILES string of the molecule is COC1(C)NC(=O)C(=O)N1. The van der Waals surface area contributed by atoms with Crippen molar-refractivity contribution in [1.82, 2.24) is 10.6 Å². The van der Waals surface area contributed by atoms with Crippen LogP contribution in [0.4, 0.5) is 0 Å². The minimum absolute atomic E-state index is 0.663. The van der Waals surface area contributed by atoms with Crippen molar-refractivity contribution in [3.63, 3.8) is 0 Å². The summed E-state index contributed by atoms with van der Waals surface area (Å²) in [6, 6.07) is 0. The molecular weight excluding hydrogens is 136 g/mol. The summed E-state index contributed by atoms with van der Waals surface area (Å²) in [6.07, 6.45) is 0. The van der Waals surface area contributed by atoms with Gasteiger partial charge in [0.05, 0.1) is 0 Å². The van der Waals surface area contributed by atoms with Gasteiger partial charge in [0.15, 0.2) is 0 Å². The number of methoxy groups -OCH3 is 1. The first-order valence-corrected chi connectivity index (χ1v) is 2.77. The van der Waals surface area contributed by atoms with Crippen LogP contribution in [0.15, 0.2) is 0 Å². The van der Waals surface area contributed by atoms with Crippen LogP contribution in [0.5, 0.6) is 0 Å². The third-order valence-electron chi connectivity index (χ3n) is 1.32. The number of hydrogen-bond donors (Lipinski definition) is 2. The zero-order valence-corrected chi connectivity index (χ0v) is 5.72. The molecule has 2 amide bonds. The maximum absolute atomic E-state index is 10.5. The van der Waals surface area contributed by atoms with Gasteiger partial charge in [0.25, 0.3) is 0 Å². The summed E-state index contributed by atoms with van der Waals surface area (Å²) < 4.78 is 4.78. The summed E-state index contributed by atoms with van der Waals surface area (Å²) in [5, 5.41) is 4.62. The molecule has 0 aromatic rings. The fraction of sp³-hybridized carbons (Fsp3) is 0.600. The summed E-state index contributed by atoms with van der Waals surface area (Å²) >= 11 is 0. The largest absolute Gasteiger partial charge is 0.342 e. The average Bonchev–Trinajstić information content (AvgIpc) is 2.10. The number of rotatable bonds is 1. The van der Waals surface area contributed by atoms with Gasteiger partial charge < -0.3 is 15.4 Å². The molecule has 0 aromatic heterocycles. The van der Waals surface area contributed by atoms with Crippen molar-refractivity contribution in [1.29, 1.82) is 0 Å². The van der Waals surface area contributed by atoms with Gasteiger partial charge in [-0.15, -0.1) is 0 Å². The molecule has 1 rings (SSSR count). The Labute approximate surface area is 57.7 Å². The Bertz CT molecular complexity index is 173. The van der Waals surface area contributed by atoms with Crippen molar-refractivity contribution in [2.75, 3.05) is 7.11 Å². The summed E-state index contributed by atoms with van der Waals surface area (Å²) in [7, 11) is 1.39. The van der Waals surface area contributed by atoms with Gasteiger partial charge in [-0.2, -0.15) is 0 Å². The van der Waals surface area contributed by atoms with E-state index in [0.717, 1.165) is 0 Å². The molecular formula is C5H8N2O3. The van der Waals surface area contributed by atoms with Crippen LogP contribution in [-0.2, 0) is 14.3 Å². The molecule has 1 aliphatic heterocycles. The normalized spacial score (nSPS) is 22.2. The van der Waals surface area contributed by atoms with Crippen LogP contribution in [0.1, 0.15) is 6.92 Å². The zero-order chi connectivity index (χ0) is 7.78. The second kappa shape index (κ2) is 1.95. The van der Waals surface area contributed by atoms with E-state index in [1.807, 2.05) is 0 Å². The second-order valence-corrected chi connectivity index (χ2v) is 2.15. The van der Waals surface area contributed by atoms with E-state index in [0.29, 0.717) is 0 Å². The molecule has 0 radical (unpaired) electrons. The molecule has 1 heterocycles. The molecule has 0 aromatic carbocycles. The number of ether oxygens (including phenoxy) is 1. The lowest BCUT2D eigenvalue weighted by molar-refractivity contribution is -0.135. The summed E-state index contributed by atoms with van der Waals surface area (Å²) in [5.74, 6) is -2.34. The monoisotopic (exact) mass is 144 g/mol. The van der Waals surface area contributed by atoms with Gasteiger partial charge in [-0.05, 0) is 0 Å². The summed E-state index contributed by atoms with van der Waals surface area (Å²) in [4.78, 5) is 21.1. The quantitative estimate of drug-likeness (QED) is 0.442. The predicted molar refractivity (Wildman–Crippen MR) is 31.7 cm³/mol. The first-order chi connectivity index (χ1) is 4.57. The minimum Gasteiger partial charge on any atom is -0.342 e. The molecule has 5 nitrogen and oxygen atoms in total. The standard InChI is InChI=1S/C5H8N2O3/c1-5(10-2)6-3(8)4(9)7-5/h1-2H3,(H,6,8)(H,7,9). The number of hydrogen-bond acceptors (Lipinski definition) is 3. The third-order valence-corrected chi connectivity index (χ3v) is 1.32. The van der Waals surface area contributed by atoms with Crippen molar-refractivity contribution in [2.24, 2.45) is 0 Å². The highest BCUT2D eigenvalue weighted by Crippen LogP contribution is 2.04. The molecule has 2 N–H and O–H groups in total. The van der Waals surface area contributed by atoms with Crippen LogP contribution in [0, 0.1) is 0 Å². The first kappa shape index (κ1) is 7.01. The number of carbonyl (C=O) groups is 2. The van der Waals surface area contributed by atoms with Gasteiger partial charge in [-0.25, -0.2) is 0 Å². The minimum atomic E-state index is -1.02. The van der Waals surface area contributed by atoms with Gasteiger partial charge in [0.2, 0.25) is 5.85 Å². The Balaban J connectivity index is 2.73. The van der Waals surface area contributed by atoms with E-state index in [9.17, 15) is 9.59 Å². The van der Waals surface area contributed by atoms with Gasteiger partial charge in [-0.3, -0.25) is 9.59 Å². The van der Waals surface area contributed by atoms with E-state index < -0.39 is 17.7 Å². The lowest BCUT2D eigenvalue weighted by Gasteiger charge is -2.20. The summed E-state index contributed by atoms with van der Waals surface area (Å²) in [5.41, 5.74) is 0. The van der Waals surface area contributed by atoms with E-state index in [1.165, 1.54) is 7.11 Å². The van der Waals surface area contributed by atoms with E-state index in [1.54, 1.807) is 6.92 Å². The van der Waals surface area contributed by atoms with Crippen molar-refractivity contribution < 1.29 is 14.3 Å². The van der Waals surface area contributed by atoms with Crippen LogP contribution >= 0.6 is 0 Å². The molecule has 0 unspecified atom stereocenters. The lowest BCUT2D eigenvalue weighted by Crippen LogP contribution is -2.48. The number of amides is 2. The molecule has 5 heteroatoms. The van der Waals surface area contributed by atoms with Gasteiger partial charge in [-0.1, -0.05) is 0 Å². The Morgan fingerprint density at radius 2 is 1.70 bits per heavy atom. The van der Waals surface area contributed by atoms with E-state index >= 15 is 0 Å². The molecule has 0 aliphatic carbocycles. The third kappa shape index (κ3) is 0.950. The molecule has 0 atom stereocenters.